The Balaban J connectivity index is 1.83. The third-order valence-corrected chi connectivity index (χ3v) is 3.33. The summed E-state index contributed by atoms with van der Waals surface area (Å²) < 4.78 is 0. The molecule has 0 aliphatic heterocycles. The standard InChI is InChI=1S/C18H17N3/c1-2-8-15(9-3-1)18(17-11-5-7-13-20-17)21-14-16-10-4-6-12-19-16/h1-13,18,21H,14H2. The molecule has 1 N–H and O–H groups in total. The molecule has 0 spiro atoms. The average molecular weight is 275 g/mol. The van der Waals surface area contributed by atoms with Gasteiger partial charge in [0, 0.05) is 18.9 Å². The quantitative estimate of drug-likeness (QED) is 0.776. The van der Waals surface area contributed by atoms with Crippen LogP contribution in [-0.4, -0.2) is 9.97 Å². The summed E-state index contributed by atoms with van der Waals surface area (Å²) in [5, 5.41) is 3.54. The summed E-state index contributed by atoms with van der Waals surface area (Å²) in [6.07, 6.45) is 3.64. The van der Waals surface area contributed by atoms with E-state index in [2.05, 4.69) is 27.4 Å². The molecule has 0 amide bonds. The van der Waals surface area contributed by atoms with Crippen molar-refractivity contribution in [3.63, 3.8) is 0 Å². The molecule has 1 atom stereocenters. The van der Waals surface area contributed by atoms with E-state index in [1.807, 2.05) is 67.0 Å². The summed E-state index contributed by atoms with van der Waals surface area (Å²) in [6.45, 7) is 0.705. The average Bonchev–Trinajstić information content (AvgIpc) is 2.58. The molecule has 104 valence electrons. The van der Waals surface area contributed by atoms with Gasteiger partial charge in [-0.25, -0.2) is 0 Å². The molecule has 0 radical (unpaired) electrons. The van der Waals surface area contributed by atoms with Gasteiger partial charge in [0.1, 0.15) is 0 Å². The second kappa shape index (κ2) is 6.77. The SMILES string of the molecule is c1ccc(C(NCc2ccccn2)c2ccccn2)cc1. The fraction of sp³-hybridized carbons (Fsp3) is 0.111. The van der Waals surface area contributed by atoms with Crippen LogP contribution in [-0.2, 0) is 6.54 Å². The first-order valence-electron chi connectivity index (χ1n) is 7.02. The lowest BCUT2D eigenvalue weighted by molar-refractivity contribution is 0.584. The molecular formula is C18H17N3. The number of aromatic nitrogens is 2. The van der Waals surface area contributed by atoms with Crippen LogP contribution in [0.5, 0.6) is 0 Å². The molecule has 0 fully saturated rings. The van der Waals surface area contributed by atoms with E-state index in [-0.39, 0.29) is 6.04 Å². The van der Waals surface area contributed by atoms with Crippen molar-refractivity contribution in [3.8, 4) is 0 Å². The van der Waals surface area contributed by atoms with Crippen molar-refractivity contribution < 1.29 is 0 Å². The molecule has 3 heteroatoms. The van der Waals surface area contributed by atoms with Crippen molar-refractivity contribution in [2.45, 2.75) is 12.6 Å². The van der Waals surface area contributed by atoms with Gasteiger partial charge in [-0.1, -0.05) is 42.5 Å². The van der Waals surface area contributed by atoms with Crippen LogP contribution < -0.4 is 5.32 Å². The van der Waals surface area contributed by atoms with Crippen molar-refractivity contribution in [2.75, 3.05) is 0 Å². The Bertz CT molecular complexity index is 614. The lowest BCUT2D eigenvalue weighted by atomic mass is 10.0. The molecule has 0 saturated heterocycles. The molecule has 2 aromatic heterocycles. The minimum absolute atomic E-state index is 0.0643. The fourth-order valence-corrected chi connectivity index (χ4v) is 2.29. The van der Waals surface area contributed by atoms with Crippen LogP contribution in [0.2, 0.25) is 0 Å². The molecule has 3 aromatic rings. The molecule has 0 saturated carbocycles. The number of rotatable bonds is 5. The topological polar surface area (TPSA) is 37.8 Å². The van der Waals surface area contributed by atoms with Crippen LogP contribution >= 0.6 is 0 Å². The second-order valence-electron chi connectivity index (χ2n) is 4.80. The van der Waals surface area contributed by atoms with Crippen molar-refractivity contribution in [3.05, 3.63) is 96.1 Å². The lowest BCUT2D eigenvalue weighted by Crippen LogP contribution is -2.23. The van der Waals surface area contributed by atoms with Crippen molar-refractivity contribution in [2.24, 2.45) is 0 Å². The highest BCUT2D eigenvalue weighted by Crippen LogP contribution is 2.20. The first kappa shape index (κ1) is 13.5. The molecule has 21 heavy (non-hydrogen) atoms. The van der Waals surface area contributed by atoms with Gasteiger partial charge in [-0.05, 0) is 29.8 Å². The Kier molecular flexibility index (Phi) is 4.34. The molecule has 2 heterocycles. The van der Waals surface area contributed by atoms with Crippen LogP contribution in [0.15, 0.2) is 79.1 Å². The van der Waals surface area contributed by atoms with E-state index in [4.69, 9.17) is 0 Å². The number of hydrogen-bond acceptors (Lipinski definition) is 3. The van der Waals surface area contributed by atoms with E-state index in [1.54, 1.807) is 0 Å². The lowest BCUT2D eigenvalue weighted by Gasteiger charge is -2.18. The van der Waals surface area contributed by atoms with Gasteiger partial charge >= 0.3 is 0 Å². The van der Waals surface area contributed by atoms with Gasteiger partial charge in [0.05, 0.1) is 17.4 Å². The Labute approximate surface area is 124 Å². The maximum absolute atomic E-state index is 4.48. The molecule has 0 aliphatic rings. The van der Waals surface area contributed by atoms with E-state index < -0.39 is 0 Å². The van der Waals surface area contributed by atoms with Crippen LogP contribution in [0, 0.1) is 0 Å². The smallest absolute Gasteiger partial charge is 0.0754 e. The Morgan fingerprint density at radius 2 is 1.48 bits per heavy atom. The predicted octanol–water partition coefficient (Wildman–Crippen LogP) is 3.36. The monoisotopic (exact) mass is 275 g/mol. The Morgan fingerprint density at radius 3 is 2.14 bits per heavy atom. The van der Waals surface area contributed by atoms with Gasteiger partial charge < -0.3 is 0 Å². The van der Waals surface area contributed by atoms with Gasteiger partial charge in [-0.15, -0.1) is 0 Å². The summed E-state index contributed by atoms with van der Waals surface area (Å²) in [7, 11) is 0. The maximum Gasteiger partial charge on any atom is 0.0754 e. The van der Waals surface area contributed by atoms with Crippen LogP contribution in [0.1, 0.15) is 23.0 Å². The highest BCUT2D eigenvalue weighted by atomic mass is 15.0. The van der Waals surface area contributed by atoms with Crippen LogP contribution in [0.4, 0.5) is 0 Å². The number of nitrogens with zero attached hydrogens (tertiary/aromatic N) is 2. The molecule has 0 aliphatic carbocycles. The van der Waals surface area contributed by atoms with E-state index in [1.165, 1.54) is 5.56 Å². The molecule has 1 aromatic carbocycles. The van der Waals surface area contributed by atoms with Gasteiger partial charge in [0.25, 0.3) is 0 Å². The Morgan fingerprint density at radius 1 is 0.762 bits per heavy atom. The van der Waals surface area contributed by atoms with Crippen molar-refractivity contribution >= 4 is 0 Å². The first-order chi connectivity index (χ1) is 10.4. The van der Waals surface area contributed by atoms with Gasteiger partial charge in [0.2, 0.25) is 0 Å². The molecule has 1 unspecified atom stereocenters. The van der Waals surface area contributed by atoms with Gasteiger partial charge in [-0.2, -0.15) is 0 Å². The summed E-state index contributed by atoms with van der Waals surface area (Å²) in [4.78, 5) is 8.84. The highest BCUT2D eigenvalue weighted by Gasteiger charge is 2.14. The molecular weight excluding hydrogens is 258 g/mol. The van der Waals surface area contributed by atoms with Crippen molar-refractivity contribution in [1.29, 1.82) is 0 Å². The fourth-order valence-electron chi connectivity index (χ4n) is 2.29. The summed E-state index contributed by atoms with van der Waals surface area (Å²) in [5.41, 5.74) is 3.24. The zero-order chi connectivity index (χ0) is 14.3. The minimum atomic E-state index is 0.0643. The number of benzene rings is 1. The molecule has 3 rings (SSSR count). The maximum atomic E-state index is 4.48. The number of hydrogen-bond donors (Lipinski definition) is 1. The third-order valence-electron chi connectivity index (χ3n) is 3.33. The van der Waals surface area contributed by atoms with E-state index in [0.717, 1.165) is 11.4 Å². The van der Waals surface area contributed by atoms with Gasteiger partial charge in [-0.3, -0.25) is 15.3 Å². The largest absolute Gasteiger partial charge is 0.299 e. The third kappa shape index (κ3) is 3.52. The predicted molar refractivity (Wildman–Crippen MR) is 83.6 cm³/mol. The first-order valence-corrected chi connectivity index (χ1v) is 7.02. The minimum Gasteiger partial charge on any atom is -0.299 e. The number of nitrogens with one attached hydrogen (secondary N) is 1. The molecule has 0 bridgehead atoms. The van der Waals surface area contributed by atoms with Crippen LogP contribution in [0.3, 0.4) is 0 Å². The summed E-state index contributed by atoms with van der Waals surface area (Å²) in [6, 6.07) is 22.4. The highest BCUT2D eigenvalue weighted by molar-refractivity contribution is 5.27. The number of pyridine rings is 2. The summed E-state index contributed by atoms with van der Waals surface area (Å²) >= 11 is 0. The zero-order valence-electron chi connectivity index (χ0n) is 11.7. The van der Waals surface area contributed by atoms with E-state index in [0.29, 0.717) is 6.54 Å². The summed E-state index contributed by atoms with van der Waals surface area (Å²) in [5.74, 6) is 0. The van der Waals surface area contributed by atoms with Crippen LogP contribution in [0.25, 0.3) is 0 Å². The van der Waals surface area contributed by atoms with E-state index >= 15 is 0 Å². The van der Waals surface area contributed by atoms with Crippen molar-refractivity contribution in [1.82, 2.24) is 15.3 Å². The molecule has 3 nitrogen and oxygen atoms in total. The Hall–Kier alpha value is -2.52. The van der Waals surface area contributed by atoms with Gasteiger partial charge in [0.15, 0.2) is 0 Å². The normalized spacial score (nSPS) is 12.0. The van der Waals surface area contributed by atoms with E-state index in [9.17, 15) is 0 Å². The zero-order valence-corrected chi connectivity index (χ0v) is 11.7. The second-order valence-corrected chi connectivity index (χ2v) is 4.80.